The summed E-state index contributed by atoms with van der Waals surface area (Å²) < 4.78 is 12.8. The van der Waals surface area contributed by atoms with Crippen molar-refractivity contribution >= 4 is 0 Å². The maximum Gasteiger partial charge on any atom is 0.126 e. The number of nitrogens with one attached hydrogen (secondary N) is 1. The summed E-state index contributed by atoms with van der Waals surface area (Å²) in [5, 5.41) is 12.9. The Morgan fingerprint density at radius 2 is 2.27 bits per heavy atom. The molecule has 0 radical (unpaired) electrons. The van der Waals surface area contributed by atoms with Crippen LogP contribution in [0.2, 0.25) is 0 Å². The molecule has 2 rings (SSSR count). The molecule has 0 amide bonds. The van der Waals surface area contributed by atoms with Crippen molar-refractivity contribution in [1.82, 2.24) is 5.32 Å². The molecule has 1 fully saturated rings. The van der Waals surface area contributed by atoms with Crippen molar-refractivity contribution in [2.75, 3.05) is 6.54 Å². The van der Waals surface area contributed by atoms with Crippen LogP contribution in [0.1, 0.15) is 31.4 Å². The lowest BCUT2D eigenvalue weighted by molar-refractivity contribution is 0.445. The van der Waals surface area contributed by atoms with Gasteiger partial charge in [0, 0.05) is 17.7 Å². The van der Waals surface area contributed by atoms with E-state index in [2.05, 4.69) is 5.32 Å². The minimum atomic E-state index is -0.398. The van der Waals surface area contributed by atoms with Crippen molar-refractivity contribution in [1.29, 1.82) is 0 Å². The van der Waals surface area contributed by atoms with E-state index in [1.54, 1.807) is 6.07 Å². The van der Waals surface area contributed by atoms with Crippen LogP contribution in [-0.4, -0.2) is 11.7 Å². The molecule has 0 heterocycles. The molecule has 1 aliphatic rings. The van der Waals surface area contributed by atoms with Crippen molar-refractivity contribution in [3.05, 3.63) is 29.6 Å². The third-order valence-electron chi connectivity index (χ3n) is 2.87. The minimum Gasteiger partial charge on any atom is -0.508 e. The van der Waals surface area contributed by atoms with Crippen LogP contribution in [0.15, 0.2) is 18.2 Å². The second kappa shape index (κ2) is 4.19. The first-order chi connectivity index (χ1) is 7.16. The number of aromatic hydroxyl groups is 1. The second-order valence-corrected chi connectivity index (χ2v) is 4.28. The number of phenols is 1. The topological polar surface area (TPSA) is 32.3 Å². The van der Waals surface area contributed by atoms with Gasteiger partial charge in [-0.1, -0.05) is 6.07 Å². The molecule has 1 unspecified atom stereocenters. The summed E-state index contributed by atoms with van der Waals surface area (Å²) in [4.78, 5) is 0. The van der Waals surface area contributed by atoms with Crippen molar-refractivity contribution in [3.8, 4) is 5.75 Å². The molecule has 3 heteroatoms. The summed E-state index contributed by atoms with van der Waals surface area (Å²) in [6.45, 7) is 2.97. The van der Waals surface area contributed by atoms with E-state index in [0.29, 0.717) is 0 Å². The quantitative estimate of drug-likeness (QED) is 0.798. The zero-order valence-corrected chi connectivity index (χ0v) is 8.83. The molecule has 1 atom stereocenters. The standard InChI is InChI=1S/C12H16FNO/c1-8(14-7-9-2-3-9)11-5-4-10(13)6-12(11)15/h4-6,8-9,14-15H,2-3,7H2,1H3. The van der Waals surface area contributed by atoms with Crippen molar-refractivity contribution in [2.45, 2.75) is 25.8 Å². The highest BCUT2D eigenvalue weighted by Crippen LogP contribution is 2.30. The first-order valence-corrected chi connectivity index (χ1v) is 5.38. The molecule has 0 bridgehead atoms. The van der Waals surface area contributed by atoms with E-state index in [9.17, 15) is 9.50 Å². The Morgan fingerprint density at radius 1 is 1.53 bits per heavy atom. The minimum absolute atomic E-state index is 0.0331. The molecular formula is C12H16FNO. The SMILES string of the molecule is CC(NCC1CC1)c1ccc(F)cc1O. The lowest BCUT2D eigenvalue weighted by atomic mass is 10.1. The van der Waals surface area contributed by atoms with Gasteiger partial charge in [-0.05, 0) is 38.3 Å². The number of rotatable bonds is 4. The van der Waals surface area contributed by atoms with Crippen molar-refractivity contribution < 1.29 is 9.50 Å². The maximum atomic E-state index is 12.8. The highest BCUT2D eigenvalue weighted by molar-refractivity contribution is 5.34. The fourth-order valence-corrected chi connectivity index (χ4v) is 1.66. The molecule has 0 aliphatic heterocycles. The normalized spacial score (nSPS) is 17.7. The van der Waals surface area contributed by atoms with Crippen LogP contribution in [0.5, 0.6) is 5.75 Å². The first-order valence-electron chi connectivity index (χ1n) is 5.38. The van der Waals surface area contributed by atoms with Gasteiger partial charge in [0.1, 0.15) is 11.6 Å². The van der Waals surface area contributed by atoms with Crippen LogP contribution in [0, 0.1) is 11.7 Å². The fraction of sp³-hybridized carbons (Fsp3) is 0.500. The molecule has 0 spiro atoms. The highest BCUT2D eigenvalue weighted by Gasteiger charge is 2.22. The Kier molecular flexibility index (Phi) is 2.91. The lowest BCUT2D eigenvalue weighted by Crippen LogP contribution is -2.21. The average Bonchev–Trinajstić information content (AvgIpc) is 2.97. The molecule has 0 aromatic heterocycles. The van der Waals surface area contributed by atoms with Gasteiger partial charge in [-0.15, -0.1) is 0 Å². The molecule has 1 saturated carbocycles. The number of hydrogen-bond donors (Lipinski definition) is 2. The van der Waals surface area contributed by atoms with E-state index >= 15 is 0 Å². The summed E-state index contributed by atoms with van der Waals surface area (Å²) in [5.74, 6) is 0.437. The Bertz CT molecular complexity index is 349. The monoisotopic (exact) mass is 209 g/mol. The van der Waals surface area contributed by atoms with Gasteiger partial charge in [-0.25, -0.2) is 4.39 Å². The van der Waals surface area contributed by atoms with Gasteiger partial charge in [-0.2, -0.15) is 0 Å². The third kappa shape index (κ3) is 2.69. The van der Waals surface area contributed by atoms with E-state index in [-0.39, 0.29) is 11.8 Å². The summed E-state index contributed by atoms with van der Waals surface area (Å²) in [7, 11) is 0. The molecule has 1 aliphatic carbocycles. The van der Waals surface area contributed by atoms with E-state index in [0.717, 1.165) is 24.1 Å². The number of phenolic OH excluding ortho intramolecular Hbond substituents is 1. The molecule has 0 saturated heterocycles. The smallest absolute Gasteiger partial charge is 0.126 e. The van der Waals surface area contributed by atoms with E-state index in [1.807, 2.05) is 6.92 Å². The molecule has 82 valence electrons. The Hall–Kier alpha value is -1.09. The molecule has 1 aromatic rings. The summed E-state index contributed by atoms with van der Waals surface area (Å²) >= 11 is 0. The first kappa shape index (κ1) is 10.4. The molecule has 1 aromatic carbocycles. The summed E-state index contributed by atoms with van der Waals surface area (Å²) in [5.41, 5.74) is 0.761. The average molecular weight is 209 g/mol. The van der Waals surface area contributed by atoms with Gasteiger partial charge >= 0.3 is 0 Å². The van der Waals surface area contributed by atoms with Gasteiger partial charge in [-0.3, -0.25) is 0 Å². The van der Waals surface area contributed by atoms with Gasteiger partial charge in [0.15, 0.2) is 0 Å². The zero-order valence-electron chi connectivity index (χ0n) is 8.83. The van der Waals surface area contributed by atoms with E-state index in [4.69, 9.17) is 0 Å². The lowest BCUT2D eigenvalue weighted by Gasteiger charge is -2.15. The Morgan fingerprint density at radius 3 is 2.87 bits per heavy atom. The van der Waals surface area contributed by atoms with E-state index in [1.165, 1.54) is 18.9 Å². The van der Waals surface area contributed by atoms with Crippen LogP contribution < -0.4 is 5.32 Å². The molecule has 2 N–H and O–H groups in total. The van der Waals surface area contributed by atoms with Gasteiger partial charge in [0.25, 0.3) is 0 Å². The second-order valence-electron chi connectivity index (χ2n) is 4.28. The van der Waals surface area contributed by atoms with Crippen LogP contribution in [0.3, 0.4) is 0 Å². The molecule has 15 heavy (non-hydrogen) atoms. The zero-order chi connectivity index (χ0) is 10.8. The largest absolute Gasteiger partial charge is 0.508 e. The highest BCUT2D eigenvalue weighted by atomic mass is 19.1. The van der Waals surface area contributed by atoms with Crippen LogP contribution in [0.4, 0.5) is 4.39 Å². The maximum absolute atomic E-state index is 12.8. The van der Waals surface area contributed by atoms with Gasteiger partial charge < -0.3 is 10.4 Å². The number of halogens is 1. The van der Waals surface area contributed by atoms with Crippen LogP contribution in [0.25, 0.3) is 0 Å². The number of hydrogen-bond acceptors (Lipinski definition) is 2. The van der Waals surface area contributed by atoms with Gasteiger partial charge in [0.05, 0.1) is 0 Å². The predicted molar refractivity (Wildman–Crippen MR) is 57.2 cm³/mol. The van der Waals surface area contributed by atoms with Crippen LogP contribution in [-0.2, 0) is 0 Å². The van der Waals surface area contributed by atoms with Crippen molar-refractivity contribution in [3.63, 3.8) is 0 Å². The molecule has 2 nitrogen and oxygen atoms in total. The predicted octanol–water partition coefficient (Wildman–Crippen LogP) is 2.59. The van der Waals surface area contributed by atoms with Crippen molar-refractivity contribution in [2.24, 2.45) is 5.92 Å². The van der Waals surface area contributed by atoms with Crippen LogP contribution >= 0.6 is 0 Å². The summed E-state index contributed by atoms with van der Waals surface area (Å²) in [6.07, 6.45) is 2.60. The summed E-state index contributed by atoms with van der Waals surface area (Å²) in [6, 6.07) is 4.25. The third-order valence-corrected chi connectivity index (χ3v) is 2.87. The molecular weight excluding hydrogens is 193 g/mol. The Balaban J connectivity index is 1.99. The van der Waals surface area contributed by atoms with E-state index < -0.39 is 5.82 Å². The van der Waals surface area contributed by atoms with Gasteiger partial charge in [0.2, 0.25) is 0 Å². The fourth-order valence-electron chi connectivity index (χ4n) is 1.66. The number of benzene rings is 1. The Labute approximate surface area is 89.1 Å².